The minimum absolute atomic E-state index is 0.348. The van der Waals surface area contributed by atoms with Gasteiger partial charge in [0.2, 0.25) is 0 Å². The van der Waals surface area contributed by atoms with Crippen molar-refractivity contribution in [1.29, 1.82) is 0 Å². The molecule has 0 saturated heterocycles. The number of benzene rings is 1. The van der Waals surface area contributed by atoms with Crippen molar-refractivity contribution in [1.82, 2.24) is 0 Å². The van der Waals surface area contributed by atoms with Crippen molar-refractivity contribution >= 4 is 33.6 Å². The van der Waals surface area contributed by atoms with E-state index in [0.717, 1.165) is 10.0 Å². The number of ether oxygens (including phenoxy) is 3. The molecule has 0 amide bonds. The molecular weight excluding hydrogens is 390 g/mol. The van der Waals surface area contributed by atoms with Crippen molar-refractivity contribution in [3.8, 4) is 5.75 Å². The number of methoxy groups -OCH3 is 3. The summed E-state index contributed by atoms with van der Waals surface area (Å²) in [7, 11) is 4.19. The molecule has 6 nitrogen and oxygen atoms in total. The molecule has 0 aromatic heterocycles. The van der Waals surface area contributed by atoms with Gasteiger partial charge in [-0.3, -0.25) is 9.79 Å². The molecule has 2 atom stereocenters. The van der Waals surface area contributed by atoms with Gasteiger partial charge in [-0.05, 0) is 47.5 Å². The van der Waals surface area contributed by atoms with E-state index < -0.39 is 23.8 Å². The standard InChI is InChI=1S/C18H20BrNO5/c1-9-14(17(21)24-4)16(15(10(2)20-9)18(22)25-5)11-6-7-13(23-3)12(19)8-11/h6-8,14,16H,1-5H3/t14?,16-/m0/s1. The van der Waals surface area contributed by atoms with Crippen molar-refractivity contribution in [2.24, 2.45) is 10.9 Å². The summed E-state index contributed by atoms with van der Waals surface area (Å²) in [5.74, 6) is -1.57. The normalized spacial score (nSPS) is 20.0. The topological polar surface area (TPSA) is 74.2 Å². The molecule has 0 fully saturated rings. The van der Waals surface area contributed by atoms with Crippen LogP contribution >= 0.6 is 15.9 Å². The molecule has 1 aromatic rings. The van der Waals surface area contributed by atoms with Crippen LogP contribution in [0.3, 0.4) is 0 Å². The van der Waals surface area contributed by atoms with Crippen LogP contribution in [0.2, 0.25) is 0 Å². The first-order chi connectivity index (χ1) is 11.8. The number of rotatable bonds is 4. The van der Waals surface area contributed by atoms with E-state index in [1.165, 1.54) is 14.2 Å². The third kappa shape index (κ3) is 3.61. The second-order valence-corrected chi connectivity index (χ2v) is 6.47. The van der Waals surface area contributed by atoms with Gasteiger partial charge in [0.15, 0.2) is 0 Å². The molecule has 0 bridgehead atoms. The second kappa shape index (κ2) is 7.82. The molecule has 0 N–H and O–H groups in total. The monoisotopic (exact) mass is 409 g/mol. The van der Waals surface area contributed by atoms with Gasteiger partial charge in [0.25, 0.3) is 0 Å². The predicted octanol–water partition coefficient (Wildman–Crippen LogP) is 3.25. The third-order valence-corrected chi connectivity index (χ3v) is 4.84. The lowest BCUT2D eigenvalue weighted by atomic mass is 9.75. The van der Waals surface area contributed by atoms with Crippen molar-refractivity contribution < 1.29 is 23.8 Å². The summed E-state index contributed by atoms with van der Waals surface area (Å²) in [6.07, 6.45) is 0. The summed E-state index contributed by atoms with van der Waals surface area (Å²) in [4.78, 5) is 29.2. The van der Waals surface area contributed by atoms with Gasteiger partial charge in [-0.15, -0.1) is 0 Å². The molecule has 7 heteroatoms. The number of carbonyl (C=O) groups excluding carboxylic acids is 2. The zero-order chi connectivity index (χ0) is 18.7. The second-order valence-electron chi connectivity index (χ2n) is 5.62. The highest BCUT2D eigenvalue weighted by molar-refractivity contribution is 9.10. The molecule has 0 saturated carbocycles. The van der Waals surface area contributed by atoms with Gasteiger partial charge in [0.05, 0.1) is 31.4 Å². The Morgan fingerprint density at radius 1 is 1.12 bits per heavy atom. The Balaban J connectivity index is 2.68. The Kier molecular flexibility index (Phi) is 6.00. The van der Waals surface area contributed by atoms with Gasteiger partial charge < -0.3 is 14.2 Å². The van der Waals surface area contributed by atoms with Crippen LogP contribution in [0, 0.1) is 5.92 Å². The van der Waals surface area contributed by atoms with Crippen LogP contribution in [-0.2, 0) is 19.1 Å². The largest absolute Gasteiger partial charge is 0.496 e. The average Bonchev–Trinajstić information content (AvgIpc) is 2.59. The van der Waals surface area contributed by atoms with Gasteiger partial charge in [0, 0.05) is 17.3 Å². The van der Waals surface area contributed by atoms with E-state index >= 15 is 0 Å². The van der Waals surface area contributed by atoms with Crippen molar-refractivity contribution in [3.63, 3.8) is 0 Å². The summed E-state index contributed by atoms with van der Waals surface area (Å²) in [6.45, 7) is 3.49. The molecule has 0 spiro atoms. The molecule has 0 aliphatic carbocycles. The highest BCUT2D eigenvalue weighted by Crippen LogP contribution is 2.41. The van der Waals surface area contributed by atoms with Crippen molar-refractivity contribution in [2.45, 2.75) is 19.8 Å². The summed E-state index contributed by atoms with van der Waals surface area (Å²) in [5.41, 5.74) is 2.23. The maximum Gasteiger partial charge on any atom is 0.336 e. The SMILES string of the molecule is COC(=O)C1=C(C)N=C(C)C(C(=O)OC)[C@@H]1c1ccc(OC)c(Br)c1. The Hall–Kier alpha value is -2.15. The number of halogens is 1. The molecular formula is C18H20BrNO5. The van der Waals surface area contributed by atoms with Gasteiger partial charge in [-0.2, -0.15) is 0 Å². The zero-order valence-corrected chi connectivity index (χ0v) is 16.3. The number of hydrogen-bond acceptors (Lipinski definition) is 6. The van der Waals surface area contributed by atoms with Crippen LogP contribution in [0.4, 0.5) is 0 Å². The van der Waals surface area contributed by atoms with Crippen LogP contribution in [0.15, 0.2) is 38.9 Å². The number of aliphatic imine (C=N–C) groups is 1. The molecule has 1 unspecified atom stereocenters. The first-order valence-corrected chi connectivity index (χ1v) is 8.40. The Morgan fingerprint density at radius 2 is 1.80 bits per heavy atom. The molecule has 0 radical (unpaired) electrons. The van der Waals surface area contributed by atoms with E-state index in [2.05, 4.69) is 20.9 Å². The minimum Gasteiger partial charge on any atom is -0.496 e. The van der Waals surface area contributed by atoms with E-state index in [1.807, 2.05) is 12.1 Å². The lowest BCUT2D eigenvalue weighted by Gasteiger charge is -2.31. The number of allylic oxidation sites excluding steroid dienone is 1. The van der Waals surface area contributed by atoms with Crippen molar-refractivity contribution in [2.75, 3.05) is 21.3 Å². The minimum atomic E-state index is -0.705. The third-order valence-electron chi connectivity index (χ3n) is 4.22. The smallest absolute Gasteiger partial charge is 0.336 e. The van der Waals surface area contributed by atoms with E-state index in [4.69, 9.17) is 14.2 Å². The van der Waals surface area contributed by atoms with Crippen LogP contribution in [0.5, 0.6) is 5.75 Å². The Labute approximate surface area is 155 Å². The fourth-order valence-electron chi connectivity index (χ4n) is 3.08. The molecule has 1 aliphatic rings. The lowest BCUT2D eigenvalue weighted by Crippen LogP contribution is -2.36. The van der Waals surface area contributed by atoms with E-state index in [-0.39, 0.29) is 0 Å². The average molecular weight is 410 g/mol. The predicted molar refractivity (Wildman–Crippen MR) is 96.8 cm³/mol. The van der Waals surface area contributed by atoms with Gasteiger partial charge in [-0.1, -0.05) is 6.07 Å². The van der Waals surface area contributed by atoms with Crippen molar-refractivity contribution in [3.05, 3.63) is 39.5 Å². The number of nitrogens with zero attached hydrogens (tertiary/aromatic N) is 1. The Morgan fingerprint density at radius 3 is 2.32 bits per heavy atom. The fourth-order valence-corrected chi connectivity index (χ4v) is 3.64. The van der Waals surface area contributed by atoms with Gasteiger partial charge in [0.1, 0.15) is 11.7 Å². The molecule has 1 aliphatic heterocycles. The lowest BCUT2D eigenvalue weighted by molar-refractivity contribution is -0.143. The molecule has 134 valence electrons. The molecule has 1 heterocycles. The quantitative estimate of drug-likeness (QED) is 0.713. The summed E-state index contributed by atoms with van der Waals surface area (Å²) in [6, 6.07) is 5.42. The van der Waals surface area contributed by atoms with E-state index in [0.29, 0.717) is 22.7 Å². The fraction of sp³-hybridized carbons (Fsp3) is 0.389. The Bertz CT molecular complexity index is 769. The molecule has 1 aromatic carbocycles. The van der Waals surface area contributed by atoms with Gasteiger partial charge >= 0.3 is 11.9 Å². The van der Waals surface area contributed by atoms with Crippen LogP contribution in [-0.4, -0.2) is 39.0 Å². The van der Waals surface area contributed by atoms with E-state index in [1.54, 1.807) is 27.0 Å². The number of carbonyl (C=O) groups is 2. The maximum absolute atomic E-state index is 12.4. The van der Waals surface area contributed by atoms with E-state index in [9.17, 15) is 9.59 Å². The molecule has 2 rings (SSSR count). The molecule has 25 heavy (non-hydrogen) atoms. The number of esters is 2. The zero-order valence-electron chi connectivity index (χ0n) is 14.8. The first-order valence-electron chi connectivity index (χ1n) is 7.61. The number of hydrogen-bond donors (Lipinski definition) is 0. The van der Waals surface area contributed by atoms with Crippen LogP contribution in [0.25, 0.3) is 0 Å². The van der Waals surface area contributed by atoms with Gasteiger partial charge in [-0.25, -0.2) is 4.79 Å². The van der Waals surface area contributed by atoms with Crippen LogP contribution < -0.4 is 4.74 Å². The first kappa shape index (κ1) is 19.2. The highest BCUT2D eigenvalue weighted by atomic mass is 79.9. The highest BCUT2D eigenvalue weighted by Gasteiger charge is 2.42. The summed E-state index contributed by atoms with van der Waals surface area (Å²) in [5, 5.41) is 0. The van der Waals surface area contributed by atoms with Crippen LogP contribution in [0.1, 0.15) is 25.3 Å². The summed E-state index contributed by atoms with van der Waals surface area (Å²) >= 11 is 3.45. The maximum atomic E-state index is 12.4. The summed E-state index contributed by atoms with van der Waals surface area (Å²) < 4.78 is 15.9.